The molecule has 1 amide bonds. The number of thiophene rings is 1. The summed E-state index contributed by atoms with van der Waals surface area (Å²) in [6.07, 6.45) is -2.40. The van der Waals surface area contributed by atoms with Gasteiger partial charge in [-0.3, -0.25) is 9.69 Å². The number of aromatic nitrogens is 2. The molecule has 0 radical (unpaired) electrons. The molecule has 1 aliphatic carbocycles. The minimum atomic E-state index is -5.12. The van der Waals surface area contributed by atoms with Gasteiger partial charge in [0.25, 0.3) is 0 Å². The first-order valence-corrected chi connectivity index (χ1v) is 18.5. The molecule has 4 aliphatic rings. The van der Waals surface area contributed by atoms with E-state index in [0.717, 1.165) is 37.5 Å². The Labute approximate surface area is 305 Å². The van der Waals surface area contributed by atoms with Crippen LogP contribution in [0.3, 0.4) is 0 Å². The topological polar surface area (TPSA) is 112 Å². The summed E-state index contributed by atoms with van der Waals surface area (Å²) in [7, 11) is 1.64. The minimum absolute atomic E-state index is 0.0177. The number of benzene rings is 2. The van der Waals surface area contributed by atoms with Crippen molar-refractivity contribution in [3.05, 3.63) is 41.0 Å². The summed E-state index contributed by atoms with van der Waals surface area (Å²) < 4.78 is 98.1. The number of alkyl halides is 4. The molecule has 53 heavy (non-hydrogen) atoms. The Morgan fingerprint density at radius 1 is 1.21 bits per heavy atom. The minimum Gasteiger partial charge on any atom is -0.461 e. The van der Waals surface area contributed by atoms with Crippen molar-refractivity contribution in [3.8, 4) is 23.2 Å². The predicted octanol–water partition coefficient (Wildman–Crippen LogP) is 7.44. The fraction of sp³-hybridized carbons (Fsp3) is 0.514. The average molecular weight is 758 g/mol. The fourth-order valence-electron chi connectivity index (χ4n) is 8.80. The number of amides is 1. The standard InChI is InChI=1S/C37H37F6N7O2S/c1-18-25(7-12-50(18)33(51)35(2)9-10-35)48(3)32-21-13-23(37(41,42)43)27(20-5-6-24(39)30-26(20)22(15-44)31(45)53-30)28(40)29(21)46-34(47-32)52-17-36-8-4-11-49(36)16-19(38)14-36/h5-6,13,18-19,25H,4,7-12,14,16-17,45H2,1-3H3. The molecule has 0 spiro atoms. The predicted molar refractivity (Wildman–Crippen MR) is 188 cm³/mol. The maximum absolute atomic E-state index is 17.2. The monoisotopic (exact) mass is 757 g/mol. The van der Waals surface area contributed by atoms with E-state index >= 15 is 17.6 Å². The van der Waals surface area contributed by atoms with E-state index in [1.807, 2.05) is 24.8 Å². The first kappa shape index (κ1) is 35.7. The van der Waals surface area contributed by atoms with Crippen LogP contribution in [-0.2, 0) is 11.0 Å². The number of carbonyl (C=O) groups excluding carboxylic acids is 1. The second-order valence-corrected chi connectivity index (χ2v) is 16.3. The van der Waals surface area contributed by atoms with Crippen molar-refractivity contribution in [1.29, 1.82) is 5.26 Å². The van der Waals surface area contributed by atoms with Gasteiger partial charge in [0.05, 0.1) is 27.4 Å². The van der Waals surface area contributed by atoms with Gasteiger partial charge >= 0.3 is 12.2 Å². The van der Waals surface area contributed by atoms with E-state index in [0.29, 0.717) is 37.3 Å². The van der Waals surface area contributed by atoms with E-state index in [9.17, 15) is 18.8 Å². The van der Waals surface area contributed by atoms with Gasteiger partial charge in [-0.1, -0.05) is 13.0 Å². The van der Waals surface area contributed by atoms with Crippen LogP contribution in [0.25, 0.3) is 32.1 Å². The largest absolute Gasteiger partial charge is 0.461 e. The number of carbonyl (C=O) groups is 1. The molecule has 4 atom stereocenters. The summed E-state index contributed by atoms with van der Waals surface area (Å²) in [5.74, 6) is -2.22. The molecule has 280 valence electrons. The van der Waals surface area contributed by atoms with Gasteiger partial charge in [0.2, 0.25) is 5.91 Å². The first-order chi connectivity index (χ1) is 25.1. The molecule has 5 heterocycles. The van der Waals surface area contributed by atoms with E-state index in [2.05, 4.69) is 9.97 Å². The Morgan fingerprint density at radius 3 is 2.66 bits per heavy atom. The SMILES string of the molecule is CC1C(N(C)c2nc(OCC34CCCN3CC(F)C4)nc3c(F)c(-c4ccc(F)c5sc(N)c(C#N)c45)c(C(F)(F)F)cc23)CCN1C(=O)C1(C)CC1. The highest BCUT2D eigenvalue weighted by Crippen LogP contribution is 2.50. The normalized spacial score (nSPS) is 25.3. The average Bonchev–Trinajstić information content (AvgIpc) is 3.36. The van der Waals surface area contributed by atoms with E-state index < -0.39 is 57.6 Å². The Morgan fingerprint density at radius 2 is 1.96 bits per heavy atom. The van der Waals surface area contributed by atoms with Crippen molar-refractivity contribution in [1.82, 2.24) is 19.8 Å². The number of ether oxygens (including phenoxy) is 1. The van der Waals surface area contributed by atoms with Crippen LogP contribution in [0.5, 0.6) is 6.01 Å². The molecule has 2 N–H and O–H groups in total. The molecule has 1 saturated carbocycles. The molecule has 0 bridgehead atoms. The lowest BCUT2D eigenvalue weighted by molar-refractivity contribution is -0.137. The molecule has 4 unspecified atom stereocenters. The van der Waals surface area contributed by atoms with Crippen LogP contribution >= 0.6 is 11.3 Å². The number of hydrogen-bond donors (Lipinski definition) is 1. The number of nitrogens with zero attached hydrogens (tertiary/aromatic N) is 6. The number of rotatable bonds is 7. The molecule has 2 aromatic carbocycles. The van der Waals surface area contributed by atoms with Crippen LogP contribution in [-0.4, -0.2) is 82.8 Å². The summed E-state index contributed by atoms with van der Waals surface area (Å²) >= 11 is 0.683. The zero-order valence-electron chi connectivity index (χ0n) is 29.3. The first-order valence-electron chi connectivity index (χ1n) is 17.6. The van der Waals surface area contributed by atoms with Crippen LogP contribution in [0, 0.1) is 28.4 Å². The number of likely N-dealkylation sites (N-methyl/N-ethyl adjacent to an activating group) is 1. The Balaban J connectivity index is 1.31. The van der Waals surface area contributed by atoms with Crippen molar-refractivity contribution < 1.29 is 35.9 Å². The van der Waals surface area contributed by atoms with Gasteiger partial charge in [-0.2, -0.15) is 28.4 Å². The Bertz CT molecular complexity index is 2220. The van der Waals surface area contributed by atoms with Gasteiger partial charge in [-0.25, -0.2) is 13.2 Å². The van der Waals surface area contributed by atoms with Crippen molar-refractivity contribution in [2.45, 2.75) is 82.3 Å². The lowest BCUT2D eigenvalue weighted by atomic mass is 9.92. The number of nitrogen functional groups attached to an aromatic ring is 1. The van der Waals surface area contributed by atoms with Crippen LogP contribution in [0.1, 0.15) is 63.5 Å². The highest BCUT2D eigenvalue weighted by Gasteiger charge is 2.51. The number of hydrogen-bond acceptors (Lipinski definition) is 9. The highest BCUT2D eigenvalue weighted by atomic mass is 32.1. The summed E-state index contributed by atoms with van der Waals surface area (Å²) in [4.78, 5) is 27.8. The summed E-state index contributed by atoms with van der Waals surface area (Å²) in [6.45, 7) is 5.14. The maximum atomic E-state index is 17.2. The third-order valence-electron chi connectivity index (χ3n) is 11.9. The Kier molecular flexibility index (Phi) is 8.30. The fourth-order valence-corrected chi connectivity index (χ4v) is 9.75. The smallest absolute Gasteiger partial charge is 0.417 e. The molecule has 8 rings (SSSR count). The van der Waals surface area contributed by atoms with E-state index in [1.165, 1.54) is 0 Å². The summed E-state index contributed by atoms with van der Waals surface area (Å²) in [5.41, 5.74) is 1.49. The number of nitriles is 1. The number of fused-ring (bicyclic) bond motifs is 3. The quantitative estimate of drug-likeness (QED) is 0.194. The molecule has 2 aromatic heterocycles. The lowest BCUT2D eigenvalue weighted by Gasteiger charge is -2.34. The van der Waals surface area contributed by atoms with Crippen molar-refractivity contribution in [3.63, 3.8) is 0 Å². The summed E-state index contributed by atoms with van der Waals surface area (Å²) in [6, 6.07) is 3.46. The molecule has 3 aliphatic heterocycles. The molecule has 4 aromatic rings. The third-order valence-corrected chi connectivity index (χ3v) is 13.0. The second-order valence-electron chi connectivity index (χ2n) is 15.2. The van der Waals surface area contributed by atoms with Crippen molar-refractivity contribution in [2.24, 2.45) is 5.41 Å². The van der Waals surface area contributed by atoms with E-state index in [-0.39, 0.29) is 75.0 Å². The van der Waals surface area contributed by atoms with Gasteiger partial charge in [0.1, 0.15) is 41.0 Å². The lowest BCUT2D eigenvalue weighted by Crippen LogP contribution is -2.46. The zero-order valence-corrected chi connectivity index (χ0v) is 30.1. The molecule has 9 nitrogen and oxygen atoms in total. The zero-order chi connectivity index (χ0) is 37.8. The van der Waals surface area contributed by atoms with Gasteiger partial charge in [-0.05, 0) is 63.3 Å². The summed E-state index contributed by atoms with van der Waals surface area (Å²) in [5, 5.41) is 9.25. The number of anilines is 2. The van der Waals surface area contributed by atoms with Gasteiger partial charge in [-0.15, -0.1) is 11.3 Å². The van der Waals surface area contributed by atoms with Crippen LogP contribution in [0.15, 0.2) is 18.2 Å². The maximum Gasteiger partial charge on any atom is 0.417 e. The molecule has 16 heteroatoms. The number of nitrogens with two attached hydrogens (primary N) is 1. The second kappa shape index (κ2) is 12.3. The van der Waals surface area contributed by atoms with Crippen molar-refractivity contribution in [2.75, 3.05) is 43.9 Å². The van der Waals surface area contributed by atoms with Crippen molar-refractivity contribution >= 4 is 49.1 Å². The number of likely N-dealkylation sites (tertiary alicyclic amines) is 1. The molecule has 4 fully saturated rings. The van der Waals surface area contributed by atoms with Crippen LogP contribution < -0.4 is 15.4 Å². The van der Waals surface area contributed by atoms with E-state index in [4.69, 9.17) is 10.5 Å². The molecular formula is C37H37F6N7O2S. The highest BCUT2D eigenvalue weighted by molar-refractivity contribution is 7.23. The number of halogens is 6. The Hall–Kier alpha value is -4.36. The third kappa shape index (κ3) is 5.64. The van der Waals surface area contributed by atoms with Gasteiger partial charge in [0.15, 0.2) is 5.82 Å². The van der Waals surface area contributed by atoms with E-state index in [1.54, 1.807) is 16.8 Å². The molecule has 3 saturated heterocycles. The van der Waals surface area contributed by atoms with Crippen LogP contribution in [0.4, 0.5) is 37.2 Å². The van der Waals surface area contributed by atoms with Crippen LogP contribution in [0.2, 0.25) is 0 Å². The molecular weight excluding hydrogens is 721 g/mol. The van der Waals surface area contributed by atoms with Gasteiger partial charge < -0.3 is 20.3 Å². The van der Waals surface area contributed by atoms with Gasteiger partial charge in [0, 0.05) is 54.4 Å².